The quantitative estimate of drug-likeness (QED) is 0.511. The van der Waals surface area contributed by atoms with Crippen molar-refractivity contribution in [3.63, 3.8) is 0 Å². The van der Waals surface area contributed by atoms with E-state index in [1.54, 1.807) is 0 Å². The van der Waals surface area contributed by atoms with Crippen LogP contribution in [-0.2, 0) is 9.53 Å². The van der Waals surface area contributed by atoms with Crippen molar-refractivity contribution in [2.75, 3.05) is 6.61 Å². The molecule has 1 heterocycles. The van der Waals surface area contributed by atoms with Crippen LogP contribution in [0, 0.1) is 0 Å². The van der Waals surface area contributed by atoms with Crippen LogP contribution in [0.5, 0.6) is 5.75 Å². The molecule has 0 aromatic heterocycles. The zero-order valence-corrected chi connectivity index (χ0v) is 16.9. The summed E-state index contributed by atoms with van der Waals surface area (Å²) < 4.78 is 11.4. The van der Waals surface area contributed by atoms with E-state index in [2.05, 4.69) is 46.0 Å². The highest BCUT2D eigenvalue weighted by Gasteiger charge is 2.40. The van der Waals surface area contributed by atoms with Crippen LogP contribution < -0.4 is 4.74 Å². The molecule has 1 aromatic carbocycles. The van der Waals surface area contributed by atoms with Gasteiger partial charge in [-0.2, -0.15) is 0 Å². The van der Waals surface area contributed by atoms with Gasteiger partial charge < -0.3 is 9.47 Å². The first kappa shape index (κ1) is 19.0. The van der Waals surface area contributed by atoms with Crippen LogP contribution in [0.2, 0.25) is 25.2 Å². The molecule has 3 nitrogen and oxygen atoms in total. The highest BCUT2D eigenvalue weighted by Crippen LogP contribution is 2.38. The number of carbonyl (C=O) groups is 1. The predicted octanol–water partition coefficient (Wildman–Crippen LogP) is 5.38. The molecule has 0 spiro atoms. The lowest BCUT2D eigenvalue weighted by Crippen LogP contribution is -2.45. The Balaban J connectivity index is 1.84. The van der Waals surface area contributed by atoms with Gasteiger partial charge in [0, 0.05) is 0 Å². The number of hydrogen-bond acceptors (Lipinski definition) is 3. The molecule has 1 saturated heterocycles. The number of ether oxygens (including phenoxy) is 2. The van der Waals surface area contributed by atoms with Crippen LogP contribution in [0.15, 0.2) is 24.3 Å². The maximum absolute atomic E-state index is 12.2. The van der Waals surface area contributed by atoms with Crippen molar-refractivity contribution in [3.05, 3.63) is 29.8 Å². The monoisotopic (exact) mass is 348 g/mol. The molecular weight excluding hydrogens is 316 g/mol. The van der Waals surface area contributed by atoms with Gasteiger partial charge in [-0.1, -0.05) is 51.5 Å². The second-order valence-electron chi connectivity index (χ2n) is 8.29. The van der Waals surface area contributed by atoms with E-state index in [0.29, 0.717) is 5.92 Å². The second-order valence-corrected chi connectivity index (χ2v) is 13.5. The molecule has 0 bridgehead atoms. The summed E-state index contributed by atoms with van der Waals surface area (Å²) >= 11 is 0. The maximum atomic E-state index is 12.2. The topological polar surface area (TPSA) is 35.5 Å². The summed E-state index contributed by atoms with van der Waals surface area (Å²) in [6.07, 6.45) is 3.25. The molecule has 24 heavy (non-hydrogen) atoms. The third-order valence-corrected chi connectivity index (χ3v) is 8.60. The highest BCUT2D eigenvalue weighted by atomic mass is 28.3. The van der Waals surface area contributed by atoms with Gasteiger partial charge in [0.25, 0.3) is 0 Å². The van der Waals surface area contributed by atoms with Crippen molar-refractivity contribution in [1.82, 2.24) is 0 Å². The number of benzene rings is 1. The van der Waals surface area contributed by atoms with Gasteiger partial charge in [0.05, 0.1) is 8.07 Å². The average Bonchev–Trinajstić information content (AvgIpc) is 2.51. The molecule has 2 rings (SSSR count). The van der Waals surface area contributed by atoms with E-state index in [9.17, 15) is 4.79 Å². The third-order valence-electron chi connectivity index (χ3n) is 5.19. The van der Waals surface area contributed by atoms with E-state index in [-0.39, 0.29) is 18.2 Å². The molecule has 1 aromatic rings. The van der Waals surface area contributed by atoms with Gasteiger partial charge in [0.2, 0.25) is 0 Å². The van der Waals surface area contributed by atoms with Crippen molar-refractivity contribution in [3.8, 4) is 5.75 Å². The summed E-state index contributed by atoms with van der Waals surface area (Å²) in [6.45, 7) is 11.2. The molecule has 0 radical (unpaired) electrons. The van der Waals surface area contributed by atoms with Crippen LogP contribution in [-0.4, -0.2) is 26.3 Å². The fourth-order valence-corrected chi connectivity index (χ4v) is 7.38. The van der Waals surface area contributed by atoms with E-state index in [4.69, 9.17) is 9.47 Å². The summed E-state index contributed by atoms with van der Waals surface area (Å²) in [4.78, 5) is 12.2. The van der Waals surface area contributed by atoms with Crippen LogP contribution in [0.3, 0.4) is 0 Å². The first-order chi connectivity index (χ1) is 11.2. The second kappa shape index (κ2) is 7.73. The van der Waals surface area contributed by atoms with E-state index in [0.717, 1.165) is 24.6 Å². The van der Waals surface area contributed by atoms with E-state index >= 15 is 0 Å². The Labute approximate surface area is 147 Å². The summed E-state index contributed by atoms with van der Waals surface area (Å²) in [5.74, 6) is 1.01. The first-order valence-corrected chi connectivity index (χ1v) is 12.6. The lowest BCUT2D eigenvalue weighted by Gasteiger charge is -2.40. The summed E-state index contributed by atoms with van der Waals surface area (Å²) in [5.41, 5.74) is 1.00. The minimum Gasteiger partial charge on any atom is -0.482 e. The average molecular weight is 349 g/mol. The van der Waals surface area contributed by atoms with Gasteiger partial charge in [-0.05, 0) is 49.4 Å². The Morgan fingerprint density at radius 2 is 1.96 bits per heavy atom. The number of rotatable bonds is 6. The minimum atomic E-state index is -1.22. The van der Waals surface area contributed by atoms with Crippen LogP contribution in [0.1, 0.15) is 51.5 Å². The van der Waals surface area contributed by atoms with Gasteiger partial charge in [-0.25, -0.2) is 4.79 Å². The predicted molar refractivity (Wildman–Crippen MR) is 101 cm³/mol. The van der Waals surface area contributed by atoms with E-state index in [1.807, 2.05) is 12.1 Å². The van der Waals surface area contributed by atoms with Gasteiger partial charge in [0.1, 0.15) is 11.4 Å². The largest absolute Gasteiger partial charge is 0.482 e. The van der Waals surface area contributed by atoms with Crippen LogP contribution >= 0.6 is 0 Å². The van der Waals surface area contributed by atoms with Crippen molar-refractivity contribution < 1.29 is 14.3 Å². The molecule has 4 heteroatoms. The Bertz CT molecular complexity index is 553. The fraction of sp³-hybridized carbons (Fsp3) is 0.650. The number of hydrogen-bond donors (Lipinski definition) is 0. The van der Waals surface area contributed by atoms with Gasteiger partial charge in [0.15, 0.2) is 6.61 Å². The minimum absolute atomic E-state index is 0.0136. The lowest BCUT2D eigenvalue weighted by molar-refractivity contribution is -0.159. The van der Waals surface area contributed by atoms with Crippen molar-refractivity contribution >= 4 is 14.0 Å². The number of carbonyl (C=O) groups excluding carboxylic acids is 1. The molecule has 2 atom stereocenters. The molecule has 0 N–H and O–H groups in total. The summed E-state index contributed by atoms with van der Waals surface area (Å²) in [5, 5.41) is 0. The summed E-state index contributed by atoms with van der Waals surface area (Å²) in [7, 11) is -1.22. The molecule has 1 aliphatic heterocycles. The molecule has 1 fully saturated rings. The zero-order chi connectivity index (χ0) is 17.8. The smallest absolute Gasteiger partial charge is 0.344 e. The SMILES string of the molecule is CCC(C)c1ccc(OCC(=O)OC2(C)CCC[Si](C)(C)C2)cc1. The van der Waals surface area contributed by atoms with E-state index < -0.39 is 8.07 Å². The van der Waals surface area contributed by atoms with Gasteiger partial charge in [-0.3, -0.25) is 0 Å². The Hall–Kier alpha value is -1.29. The highest BCUT2D eigenvalue weighted by molar-refractivity contribution is 6.77. The molecular formula is C20H32O3Si. The summed E-state index contributed by atoms with van der Waals surface area (Å²) in [6, 6.07) is 10.4. The van der Waals surface area contributed by atoms with Crippen molar-refractivity contribution in [2.45, 2.75) is 76.7 Å². The van der Waals surface area contributed by atoms with Crippen LogP contribution in [0.4, 0.5) is 0 Å². The van der Waals surface area contributed by atoms with Gasteiger partial charge in [-0.15, -0.1) is 0 Å². The molecule has 0 aliphatic carbocycles. The lowest BCUT2D eigenvalue weighted by atomic mass is 9.99. The normalized spacial score (nSPS) is 24.2. The fourth-order valence-electron chi connectivity index (χ4n) is 3.79. The maximum Gasteiger partial charge on any atom is 0.344 e. The standard InChI is InChI=1S/C20H32O3Si/c1-6-16(2)17-8-10-18(11-9-17)22-14-19(21)23-20(3)12-7-13-24(4,5)15-20/h8-11,16H,6-7,12-15H2,1-5H3. The third kappa shape index (κ3) is 5.37. The van der Waals surface area contributed by atoms with E-state index in [1.165, 1.54) is 18.0 Å². The number of esters is 1. The molecule has 2 unspecified atom stereocenters. The van der Waals surface area contributed by atoms with Gasteiger partial charge >= 0.3 is 5.97 Å². The first-order valence-electron chi connectivity index (χ1n) is 9.18. The molecule has 1 aliphatic rings. The zero-order valence-electron chi connectivity index (χ0n) is 15.9. The van der Waals surface area contributed by atoms with Crippen LogP contribution in [0.25, 0.3) is 0 Å². The Morgan fingerprint density at radius 3 is 2.54 bits per heavy atom. The van der Waals surface area contributed by atoms with Crippen molar-refractivity contribution in [1.29, 1.82) is 0 Å². The Morgan fingerprint density at radius 1 is 1.29 bits per heavy atom. The Kier molecular flexibility index (Phi) is 6.13. The molecule has 134 valence electrons. The van der Waals surface area contributed by atoms with Crippen molar-refractivity contribution in [2.24, 2.45) is 0 Å². The molecule has 0 amide bonds. The molecule has 0 saturated carbocycles.